The first kappa shape index (κ1) is 45.8. The number of rotatable bonds is 6. The smallest absolute Gasteiger partial charge is 0.137 e. The number of pyridine rings is 1. The molecule has 5 heteroatoms. The van der Waals surface area contributed by atoms with E-state index in [0.29, 0.717) is 6.67 Å². The molecule has 0 radical (unpaired) electrons. The second-order valence-corrected chi connectivity index (χ2v) is 24.1. The zero-order valence-corrected chi connectivity index (χ0v) is 42.7. The predicted octanol–water partition coefficient (Wildman–Crippen LogP) is 17.4. The third-order valence-electron chi connectivity index (χ3n) is 13.7. The van der Waals surface area contributed by atoms with E-state index in [1.54, 1.807) is 0 Å². The van der Waals surface area contributed by atoms with Crippen LogP contribution >= 0.6 is 0 Å². The van der Waals surface area contributed by atoms with Crippen molar-refractivity contribution in [1.82, 2.24) is 9.55 Å². The second kappa shape index (κ2) is 16.2. The largest absolute Gasteiger partial charge is 0.457 e. The summed E-state index contributed by atoms with van der Waals surface area (Å²) in [6, 6.07) is 49.5. The average molecular weight is 887 g/mol. The first-order valence-corrected chi connectivity index (χ1v) is 24.1. The zero-order valence-electron chi connectivity index (χ0n) is 42.7. The molecule has 8 aromatic rings. The molecule has 0 bridgehead atoms. The molecule has 0 aliphatic carbocycles. The molecular formula is C62H70N4O. The third kappa shape index (κ3) is 8.98. The number of benzene rings is 6. The average Bonchev–Trinajstić information content (AvgIpc) is 3.80. The maximum Gasteiger partial charge on any atom is 0.137 e. The summed E-state index contributed by atoms with van der Waals surface area (Å²) in [6.07, 6.45) is 1.93. The van der Waals surface area contributed by atoms with Crippen molar-refractivity contribution >= 4 is 44.6 Å². The predicted molar refractivity (Wildman–Crippen MR) is 286 cm³/mol. The summed E-state index contributed by atoms with van der Waals surface area (Å²) in [6.45, 7) is 35.2. The number of nitrogens with zero attached hydrogens (tertiary/aromatic N) is 4. The Morgan fingerprint density at radius 1 is 0.403 bits per heavy atom. The molecular weight excluding hydrogens is 817 g/mol. The molecule has 0 N–H and O–H groups in total. The van der Waals surface area contributed by atoms with Gasteiger partial charge in [-0.15, -0.1) is 0 Å². The third-order valence-corrected chi connectivity index (χ3v) is 13.7. The van der Waals surface area contributed by atoms with Crippen LogP contribution in [-0.2, 0) is 27.1 Å². The molecule has 5 nitrogen and oxygen atoms in total. The Morgan fingerprint density at radius 3 is 1.63 bits per heavy atom. The fraction of sp³-hybridized carbons (Fsp3) is 0.339. The van der Waals surface area contributed by atoms with Gasteiger partial charge in [0, 0.05) is 40.5 Å². The Labute approximate surface area is 400 Å². The van der Waals surface area contributed by atoms with E-state index in [1.807, 2.05) is 6.20 Å². The topological polar surface area (TPSA) is 33.5 Å². The van der Waals surface area contributed by atoms with Crippen molar-refractivity contribution in [3.05, 3.63) is 167 Å². The normalized spacial score (nSPS) is 13.8. The summed E-state index contributed by atoms with van der Waals surface area (Å²) in [7, 11) is 0. The molecule has 67 heavy (non-hydrogen) atoms. The van der Waals surface area contributed by atoms with E-state index in [-0.39, 0.29) is 27.1 Å². The van der Waals surface area contributed by atoms with Gasteiger partial charge in [-0.1, -0.05) is 158 Å². The van der Waals surface area contributed by atoms with Gasteiger partial charge < -0.3 is 14.5 Å². The summed E-state index contributed by atoms with van der Waals surface area (Å²) >= 11 is 0. The molecule has 0 fully saturated rings. The number of hydrogen-bond acceptors (Lipinski definition) is 4. The molecule has 1 aliphatic rings. The lowest BCUT2D eigenvalue weighted by Gasteiger charge is -2.28. The van der Waals surface area contributed by atoms with Gasteiger partial charge in [-0.2, -0.15) is 0 Å². The van der Waals surface area contributed by atoms with Crippen molar-refractivity contribution in [2.75, 3.05) is 16.5 Å². The lowest BCUT2D eigenvalue weighted by molar-refractivity contribution is 0.483. The van der Waals surface area contributed by atoms with Crippen LogP contribution in [0.2, 0.25) is 0 Å². The van der Waals surface area contributed by atoms with Crippen molar-refractivity contribution < 1.29 is 4.74 Å². The van der Waals surface area contributed by atoms with Gasteiger partial charge >= 0.3 is 0 Å². The van der Waals surface area contributed by atoms with Crippen molar-refractivity contribution in [2.45, 2.75) is 131 Å². The van der Waals surface area contributed by atoms with Gasteiger partial charge in [-0.25, -0.2) is 4.98 Å². The molecule has 0 saturated heterocycles. The second-order valence-electron chi connectivity index (χ2n) is 24.1. The van der Waals surface area contributed by atoms with Crippen LogP contribution in [0.1, 0.15) is 132 Å². The Hall–Kier alpha value is -6.33. The van der Waals surface area contributed by atoms with Gasteiger partial charge in [0.05, 0.1) is 22.4 Å². The van der Waals surface area contributed by atoms with E-state index in [4.69, 9.17) is 9.72 Å². The van der Waals surface area contributed by atoms with Crippen molar-refractivity contribution in [3.8, 4) is 28.4 Å². The Bertz CT molecular complexity index is 3140. The van der Waals surface area contributed by atoms with Gasteiger partial charge in [0.15, 0.2) is 0 Å². The summed E-state index contributed by atoms with van der Waals surface area (Å²) in [5.41, 5.74) is 15.9. The minimum Gasteiger partial charge on any atom is -0.457 e. The fourth-order valence-electron chi connectivity index (χ4n) is 9.32. The number of fused-ring (bicyclic) bond motifs is 4. The first-order valence-electron chi connectivity index (χ1n) is 24.1. The van der Waals surface area contributed by atoms with Crippen LogP contribution in [-0.4, -0.2) is 16.2 Å². The Kier molecular flexibility index (Phi) is 11.1. The van der Waals surface area contributed by atoms with Crippen LogP contribution in [0, 0.1) is 0 Å². The summed E-state index contributed by atoms with van der Waals surface area (Å²) < 4.78 is 9.10. The van der Waals surface area contributed by atoms with Crippen molar-refractivity contribution in [3.63, 3.8) is 0 Å². The van der Waals surface area contributed by atoms with E-state index in [1.165, 1.54) is 66.8 Å². The minimum absolute atomic E-state index is 0.00792. The SMILES string of the molecule is CC(C)(C)c1cc(-c2cc(C(C)(C)C)cc(C(C)(C)C)c2)cc(N2CN(c3cccc(Oc4ccc5c6ccccc6n(-c6cc(C(C)(C)C)ccn6)c5c4)c3)c3ccc(C(C)(C)C)cc32)c1. The quantitative estimate of drug-likeness (QED) is 0.167. The van der Waals surface area contributed by atoms with Crippen LogP contribution in [0.4, 0.5) is 22.7 Å². The number of para-hydroxylation sites is 1. The highest BCUT2D eigenvalue weighted by Gasteiger charge is 2.32. The molecule has 0 spiro atoms. The number of ether oxygens (including phenoxy) is 1. The van der Waals surface area contributed by atoms with Crippen LogP contribution in [0.3, 0.4) is 0 Å². The lowest BCUT2D eigenvalue weighted by Crippen LogP contribution is -2.24. The van der Waals surface area contributed by atoms with Gasteiger partial charge in [-0.05, 0) is 133 Å². The zero-order chi connectivity index (χ0) is 48.0. The molecule has 1 aliphatic heterocycles. The molecule has 2 aromatic heterocycles. The maximum absolute atomic E-state index is 6.83. The standard InChI is InChI=1S/C62H70N4O/c1-58(2,3)42-23-26-54-56(35-42)65(48-32-41(31-46(34-48)62(13,14)15)40-29-44(60(7,8)9)33-45(30-40)61(10,11)12)39-64(54)47-19-18-20-49(37-47)67-50-24-25-52-51-21-16-17-22-53(51)66(55(52)38-50)57-36-43(27-28-63-57)59(4,5)6/h16-38H,39H2,1-15H3. The monoisotopic (exact) mass is 887 g/mol. The molecule has 9 rings (SSSR count). The summed E-state index contributed by atoms with van der Waals surface area (Å²) in [5, 5.41) is 2.35. The van der Waals surface area contributed by atoms with E-state index in [0.717, 1.165) is 34.0 Å². The summed E-state index contributed by atoms with van der Waals surface area (Å²) in [4.78, 5) is 9.86. The van der Waals surface area contributed by atoms with Crippen LogP contribution < -0.4 is 14.5 Å². The van der Waals surface area contributed by atoms with Gasteiger partial charge in [0.1, 0.15) is 24.0 Å². The molecule has 3 heterocycles. The molecule has 0 amide bonds. The molecule has 0 unspecified atom stereocenters. The highest BCUT2D eigenvalue weighted by molar-refractivity contribution is 6.09. The van der Waals surface area contributed by atoms with E-state index in [2.05, 4.69) is 252 Å². The van der Waals surface area contributed by atoms with Gasteiger partial charge in [0.2, 0.25) is 0 Å². The first-order chi connectivity index (χ1) is 31.3. The van der Waals surface area contributed by atoms with Crippen LogP contribution in [0.15, 0.2) is 140 Å². The maximum atomic E-state index is 6.83. The number of hydrogen-bond donors (Lipinski definition) is 0. The van der Waals surface area contributed by atoms with E-state index in [9.17, 15) is 0 Å². The highest BCUT2D eigenvalue weighted by Crippen LogP contribution is 2.48. The van der Waals surface area contributed by atoms with Gasteiger partial charge in [-0.3, -0.25) is 4.57 Å². The van der Waals surface area contributed by atoms with E-state index < -0.39 is 0 Å². The number of anilines is 4. The summed E-state index contributed by atoms with van der Waals surface area (Å²) in [5.74, 6) is 2.46. The fourth-order valence-corrected chi connectivity index (χ4v) is 9.32. The Morgan fingerprint density at radius 2 is 0.970 bits per heavy atom. The van der Waals surface area contributed by atoms with Crippen LogP contribution in [0.25, 0.3) is 38.8 Å². The highest BCUT2D eigenvalue weighted by atomic mass is 16.5. The van der Waals surface area contributed by atoms with Crippen molar-refractivity contribution in [1.29, 1.82) is 0 Å². The molecule has 344 valence electrons. The Balaban J connectivity index is 1.12. The van der Waals surface area contributed by atoms with Gasteiger partial charge in [0.25, 0.3) is 0 Å². The van der Waals surface area contributed by atoms with E-state index >= 15 is 0 Å². The van der Waals surface area contributed by atoms with Crippen molar-refractivity contribution in [2.24, 2.45) is 0 Å². The van der Waals surface area contributed by atoms with Crippen LogP contribution in [0.5, 0.6) is 11.5 Å². The molecule has 0 atom stereocenters. The minimum atomic E-state index is -0.0647. The molecule has 6 aromatic carbocycles. The lowest BCUT2D eigenvalue weighted by atomic mass is 9.78. The number of aromatic nitrogens is 2. The molecule has 0 saturated carbocycles.